The molecule has 2 aromatic carbocycles. The number of piperazine rings is 1. The van der Waals surface area contributed by atoms with Gasteiger partial charge in [0.2, 0.25) is 5.95 Å². The highest BCUT2D eigenvalue weighted by Crippen LogP contribution is 2.23. The summed E-state index contributed by atoms with van der Waals surface area (Å²) < 4.78 is 14.1. The Hall–Kier alpha value is -3.15. The van der Waals surface area contributed by atoms with Crippen LogP contribution >= 0.6 is 0 Å². The predicted octanol–water partition coefficient (Wildman–Crippen LogP) is 4.17. The van der Waals surface area contributed by atoms with E-state index in [4.69, 9.17) is 4.98 Å². The van der Waals surface area contributed by atoms with Gasteiger partial charge < -0.3 is 15.1 Å². The lowest BCUT2D eigenvalue weighted by molar-refractivity contribution is 0.596. The second-order valence-electron chi connectivity index (χ2n) is 7.40. The second kappa shape index (κ2) is 8.47. The highest BCUT2D eigenvalue weighted by atomic mass is 19.1. The fourth-order valence-corrected chi connectivity index (χ4v) is 3.66. The van der Waals surface area contributed by atoms with E-state index >= 15 is 0 Å². The van der Waals surface area contributed by atoms with Crippen LogP contribution in [0.5, 0.6) is 0 Å². The first kappa shape index (κ1) is 19.2. The lowest BCUT2D eigenvalue weighted by atomic mass is 10.1. The smallest absolute Gasteiger partial charge is 0.225 e. The Balaban J connectivity index is 1.43. The lowest BCUT2D eigenvalue weighted by Gasteiger charge is -2.37. The molecule has 1 aromatic heterocycles. The van der Waals surface area contributed by atoms with E-state index in [1.807, 2.05) is 37.3 Å². The first-order valence-electron chi connectivity index (χ1n) is 9.98. The topological polar surface area (TPSA) is 44.3 Å². The van der Waals surface area contributed by atoms with Crippen LogP contribution in [0.4, 0.5) is 21.8 Å². The van der Waals surface area contributed by atoms with Crippen LogP contribution in [0, 0.1) is 19.7 Å². The third-order valence-electron chi connectivity index (χ3n) is 5.34. The number of anilines is 3. The number of rotatable bonds is 5. The standard InChI is InChI=1S/C23H26FN5/c1-17-7-3-4-8-19(17)16-25-23-26-18(2)15-22(27-23)29-13-11-28(12-14-29)21-10-6-5-9-20(21)24/h3-10,15H,11-14,16H2,1-2H3,(H,25,26,27). The van der Waals surface area contributed by atoms with Crippen LogP contribution in [-0.4, -0.2) is 36.1 Å². The number of para-hydroxylation sites is 1. The van der Waals surface area contributed by atoms with E-state index in [9.17, 15) is 4.39 Å². The van der Waals surface area contributed by atoms with Crippen molar-refractivity contribution >= 4 is 17.5 Å². The molecule has 4 rings (SSSR count). The minimum Gasteiger partial charge on any atom is -0.366 e. The van der Waals surface area contributed by atoms with Crippen LogP contribution in [0.1, 0.15) is 16.8 Å². The van der Waals surface area contributed by atoms with Gasteiger partial charge in [0.25, 0.3) is 0 Å². The van der Waals surface area contributed by atoms with Gasteiger partial charge in [-0.25, -0.2) is 9.37 Å². The van der Waals surface area contributed by atoms with E-state index in [0.717, 1.165) is 37.7 Å². The molecule has 0 unspecified atom stereocenters. The molecule has 150 valence electrons. The Kier molecular flexibility index (Phi) is 5.60. The molecule has 0 bridgehead atoms. The number of benzene rings is 2. The zero-order valence-electron chi connectivity index (χ0n) is 16.9. The second-order valence-corrected chi connectivity index (χ2v) is 7.40. The van der Waals surface area contributed by atoms with Crippen molar-refractivity contribution in [3.8, 4) is 0 Å². The quantitative estimate of drug-likeness (QED) is 0.707. The van der Waals surface area contributed by atoms with Crippen LogP contribution in [-0.2, 0) is 6.54 Å². The van der Waals surface area contributed by atoms with Gasteiger partial charge in [0.05, 0.1) is 5.69 Å². The van der Waals surface area contributed by atoms with Gasteiger partial charge in [0.15, 0.2) is 0 Å². The van der Waals surface area contributed by atoms with Crippen LogP contribution in [0.3, 0.4) is 0 Å². The number of nitrogens with one attached hydrogen (secondary N) is 1. The van der Waals surface area contributed by atoms with Crippen molar-refractivity contribution in [2.45, 2.75) is 20.4 Å². The maximum absolute atomic E-state index is 14.1. The summed E-state index contributed by atoms with van der Waals surface area (Å²) >= 11 is 0. The van der Waals surface area contributed by atoms with Crippen LogP contribution in [0.15, 0.2) is 54.6 Å². The van der Waals surface area contributed by atoms with Gasteiger partial charge in [-0.1, -0.05) is 36.4 Å². The van der Waals surface area contributed by atoms with Gasteiger partial charge in [-0.3, -0.25) is 0 Å². The molecule has 6 heteroatoms. The summed E-state index contributed by atoms with van der Waals surface area (Å²) in [5, 5.41) is 3.36. The number of nitrogens with zero attached hydrogens (tertiary/aromatic N) is 4. The van der Waals surface area contributed by atoms with Crippen molar-refractivity contribution in [2.24, 2.45) is 0 Å². The average Bonchev–Trinajstić information content (AvgIpc) is 2.73. The monoisotopic (exact) mass is 391 g/mol. The third-order valence-corrected chi connectivity index (χ3v) is 5.34. The van der Waals surface area contributed by atoms with E-state index in [0.29, 0.717) is 18.2 Å². The van der Waals surface area contributed by atoms with Crippen molar-refractivity contribution in [3.63, 3.8) is 0 Å². The molecule has 0 radical (unpaired) electrons. The molecular weight excluding hydrogens is 365 g/mol. The van der Waals surface area contributed by atoms with Crippen molar-refractivity contribution in [3.05, 3.63) is 77.2 Å². The molecule has 29 heavy (non-hydrogen) atoms. The van der Waals surface area contributed by atoms with Gasteiger partial charge in [0, 0.05) is 44.5 Å². The normalized spacial score (nSPS) is 14.2. The molecule has 1 saturated heterocycles. The molecular formula is C23H26FN5. The first-order valence-corrected chi connectivity index (χ1v) is 9.98. The van der Waals surface area contributed by atoms with Crippen molar-refractivity contribution < 1.29 is 4.39 Å². The number of hydrogen-bond donors (Lipinski definition) is 1. The van der Waals surface area contributed by atoms with Crippen LogP contribution in [0.25, 0.3) is 0 Å². The van der Waals surface area contributed by atoms with Gasteiger partial charge in [-0.15, -0.1) is 0 Å². The highest BCUT2D eigenvalue weighted by Gasteiger charge is 2.21. The largest absolute Gasteiger partial charge is 0.366 e. The molecule has 0 aliphatic carbocycles. The molecule has 0 amide bonds. The molecule has 0 spiro atoms. The molecule has 1 aliphatic rings. The Bertz CT molecular complexity index is 983. The Morgan fingerprint density at radius 1 is 0.897 bits per heavy atom. The summed E-state index contributed by atoms with van der Waals surface area (Å²) in [7, 11) is 0. The summed E-state index contributed by atoms with van der Waals surface area (Å²) in [4.78, 5) is 13.6. The zero-order chi connectivity index (χ0) is 20.2. The Labute approximate surface area is 171 Å². The average molecular weight is 391 g/mol. The number of halogens is 1. The zero-order valence-corrected chi connectivity index (χ0v) is 16.9. The number of hydrogen-bond acceptors (Lipinski definition) is 5. The SMILES string of the molecule is Cc1cc(N2CCN(c3ccccc3F)CC2)nc(NCc2ccccc2C)n1. The van der Waals surface area contributed by atoms with E-state index in [-0.39, 0.29) is 5.82 Å². The Morgan fingerprint density at radius 3 is 2.34 bits per heavy atom. The molecule has 0 atom stereocenters. The molecule has 3 aromatic rings. The van der Waals surface area contributed by atoms with Gasteiger partial charge in [-0.2, -0.15) is 4.98 Å². The minimum absolute atomic E-state index is 0.165. The predicted molar refractivity (Wildman–Crippen MR) is 116 cm³/mol. The van der Waals surface area contributed by atoms with Crippen molar-refractivity contribution in [1.29, 1.82) is 0 Å². The molecule has 1 N–H and O–H groups in total. The molecule has 1 aliphatic heterocycles. The maximum Gasteiger partial charge on any atom is 0.225 e. The summed E-state index contributed by atoms with van der Waals surface area (Å²) in [6.07, 6.45) is 0. The molecule has 2 heterocycles. The number of aryl methyl sites for hydroxylation is 2. The summed E-state index contributed by atoms with van der Waals surface area (Å²) in [5.41, 5.74) is 4.08. The minimum atomic E-state index is -0.165. The van der Waals surface area contributed by atoms with E-state index in [2.05, 4.69) is 39.2 Å². The Morgan fingerprint density at radius 2 is 1.59 bits per heavy atom. The van der Waals surface area contributed by atoms with Crippen LogP contribution < -0.4 is 15.1 Å². The first-order chi connectivity index (χ1) is 14.1. The number of aromatic nitrogens is 2. The molecule has 1 fully saturated rings. The fourth-order valence-electron chi connectivity index (χ4n) is 3.66. The summed E-state index contributed by atoms with van der Waals surface area (Å²) in [6.45, 7) is 7.89. The van der Waals surface area contributed by atoms with E-state index < -0.39 is 0 Å². The third kappa shape index (κ3) is 4.47. The lowest BCUT2D eigenvalue weighted by Crippen LogP contribution is -2.47. The molecule has 5 nitrogen and oxygen atoms in total. The van der Waals surface area contributed by atoms with Gasteiger partial charge >= 0.3 is 0 Å². The van der Waals surface area contributed by atoms with E-state index in [1.54, 1.807) is 6.07 Å². The maximum atomic E-state index is 14.1. The van der Waals surface area contributed by atoms with Crippen molar-refractivity contribution in [2.75, 3.05) is 41.3 Å². The van der Waals surface area contributed by atoms with Gasteiger partial charge in [-0.05, 0) is 37.1 Å². The molecule has 0 saturated carbocycles. The fraction of sp³-hybridized carbons (Fsp3) is 0.304. The summed E-state index contributed by atoms with van der Waals surface area (Å²) in [5.74, 6) is 1.39. The van der Waals surface area contributed by atoms with E-state index in [1.165, 1.54) is 17.2 Å². The van der Waals surface area contributed by atoms with Gasteiger partial charge in [0.1, 0.15) is 11.6 Å². The van der Waals surface area contributed by atoms with Crippen molar-refractivity contribution in [1.82, 2.24) is 9.97 Å². The summed E-state index contributed by atoms with van der Waals surface area (Å²) in [6, 6.07) is 17.3. The highest BCUT2D eigenvalue weighted by molar-refractivity contribution is 5.51. The van der Waals surface area contributed by atoms with Crippen LogP contribution in [0.2, 0.25) is 0 Å².